The molecular formula is C15H26N2O2S2. The molecule has 0 radical (unpaired) electrons. The van der Waals surface area contributed by atoms with Crippen molar-refractivity contribution < 1.29 is 8.42 Å². The number of nitrogens with one attached hydrogen (secondary N) is 1. The van der Waals surface area contributed by atoms with E-state index in [-0.39, 0.29) is 6.04 Å². The van der Waals surface area contributed by atoms with Crippen LogP contribution in [-0.4, -0.2) is 27.0 Å². The van der Waals surface area contributed by atoms with E-state index < -0.39 is 10.0 Å². The van der Waals surface area contributed by atoms with Crippen LogP contribution in [0.4, 0.5) is 0 Å². The molecule has 0 heterocycles. The Hall–Kier alpha value is -0.560. The molecule has 1 aromatic rings. The van der Waals surface area contributed by atoms with E-state index in [1.165, 1.54) is 12.2 Å². The molecule has 1 atom stereocenters. The maximum Gasteiger partial charge on any atom is 0.240 e. The van der Waals surface area contributed by atoms with E-state index in [1.54, 1.807) is 18.2 Å². The lowest BCUT2D eigenvalue weighted by atomic mass is 10.1. The van der Waals surface area contributed by atoms with Gasteiger partial charge in [-0.25, -0.2) is 13.1 Å². The van der Waals surface area contributed by atoms with Crippen LogP contribution < -0.4 is 10.5 Å². The SMILES string of the molecule is CSCCCCCCNS(=O)(=O)c1cccc(C(C)N)c1. The highest BCUT2D eigenvalue weighted by Gasteiger charge is 2.14. The molecule has 0 saturated heterocycles. The molecule has 21 heavy (non-hydrogen) atoms. The second-order valence-corrected chi connectivity index (χ2v) is 7.92. The van der Waals surface area contributed by atoms with E-state index in [9.17, 15) is 8.42 Å². The number of hydrogen-bond donors (Lipinski definition) is 2. The van der Waals surface area contributed by atoms with Gasteiger partial charge in [-0.05, 0) is 49.5 Å². The second kappa shape index (κ2) is 9.46. The minimum atomic E-state index is -3.42. The zero-order valence-corrected chi connectivity index (χ0v) is 14.5. The number of hydrogen-bond acceptors (Lipinski definition) is 4. The maximum atomic E-state index is 12.2. The summed E-state index contributed by atoms with van der Waals surface area (Å²) in [6.45, 7) is 2.33. The molecule has 0 aromatic heterocycles. The molecule has 0 saturated carbocycles. The molecule has 0 aliphatic rings. The predicted octanol–water partition coefficient (Wildman–Crippen LogP) is 2.91. The first-order chi connectivity index (χ1) is 9.97. The fourth-order valence-electron chi connectivity index (χ4n) is 1.98. The monoisotopic (exact) mass is 330 g/mol. The minimum absolute atomic E-state index is 0.170. The summed E-state index contributed by atoms with van der Waals surface area (Å²) in [4.78, 5) is 0.291. The summed E-state index contributed by atoms with van der Waals surface area (Å²) in [6, 6.07) is 6.65. The van der Waals surface area contributed by atoms with Crippen LogP contribution in [0.25, 0.3) is 0 Å². The first kappa shape index (κ1) is 18.5. The van der Waals surface area contributed by atoms with Crippen LogP contribution >= 0.6 is 11.8 Å². The first-order valence-corrected chi connectivity index (χ1v) is 10.2. The summed E-state index contributed by atoms with van der Waals surface area (Å²) < 4.78 is 27.0. The van der Waals surface area contributed by atoms with E-state index in [0.717, 1.165) is 24.8 Å². The van der Waals surface area contributed by atoms with Gasteiger partial charge in [0.15, 0.2) is 0 Å². The Morgan fingerprint density at radius 3 is 2.62 bits per heavy atom. The van der Waals surface area contributed by atoms with E-state index >= 15 is 0 Å². The number of unbranched alkanes of at least 4 members (excludes halogenated alkanes) is 3. The molecule has 1 unspecified atom stereocenters. The van der Waals surface area contributed by atoms with Crippen molar-refractivity contribution in [3.63, 3.8) is 0 Å². The molecule has 0 aliphatic carbocycles. The maximum absolute atomic E-state index is 12.2. The Morgan fingerprint density at radius 1 is 1.24 bits per heavy atom. The normalized spacial score (nSPS) is 13.3. The van der Waals surface area contributed by atoms with Crippen LogP contribution in [0.2, 0.25) is 0 Å². The van der Waals surface area contributed by atoms with Crippen LogP contribution in [0, 0.1) is 0 Å². The fraction of sp³-hybridized carbons (Fsp3) is 0.600. The van der Waals surface area contributed by atoms with Gasteiger partial charge < -0.3 is 5.73 Å². The molecule has 3 N–H and O–H groups in total. The van der Waals surface area contributed by atoms with Gasteiger partial charge in [0.25, 0.3) is 0 Å². The predicted molar refractivity (Wildman–Crippen MR) is 91.1 cm³/mol. The fourth-order valence-corrected chi connectivity index (χ4v) is 3.60. The lowest BCUT2D eigenvalue weighted by molar-refractivity contribution is 0.573. The van der Waals surface area contributed by atoms with Crippen molar-refractivity contribution in [3.05, 3.63) is 29.8 Å². The van der Waals surface area contributed by atoms with Gasteiger partial charge in [-0.3, -0.25) is 0 Å². The van der Waals surface area contributed by atoms with Gasteiger partial charge in [0.05, 0.1) is 4.90 Å². The Kier molecular flexibility index (Phi) is 8.33. The highest BCUT2D eigenvalue weighted by Crippen LogP contribution is 2.15. The largest absolute Gasteiger partial charge is 0.324 e. The Bertz CT molecular complexity index is 516. The Morgan fingerprint density at radius 2 is 1.95 bits per heavy atom. The number of thioether (sulfide) groups is 1. The number of sulfonamides is 1. The molecule has 120 valence electrons. The summed E-state index contributed by atoms with van der Waals surface area (Å²) >= 11 is 1.85. The molecule has 6 heteroatoms. The molecule has 4 nitrogen and oxygen atoms in total. The molecule has 1 aromatic carbocycles. The van der Waals surface area contributed by atoms with Crippen molar-refractivity contribution in [2.45, 2.75) is 43.5 Å². The van der Waals surface area contributed by atoms with Gasteiger partial charge in [0, 0.05) is 12.6 Å². The molecule has 0 bridgehead atoms. The second-order valence-electron chi connectivity index (χ2n) is 5.17. The summed E-state index contributed by atoms with van der Waals surface area (Å²) in [6.07, 6.45) is 6.39. The number of rotatable bonds is 10. The van der Waals surface area contributed by atoms with Crippen LogP contribution in [0.5, 0.6) is 0 Å². The van der Waals surface area contributed by atoms with Crippen molar-refractivity contribution in [3.8, 4) is 0 Å². The molecule has 0 spiro atoms. The van der Waals surface area contributed by atoms with Crippen molar-refractivity contribution in [1.82, 2.24) is 4.72 Å². The lowest BCUT2D eigenvalue weighted by Gasteiger charge is -2.10. The van der Waals surface area contributed by atoms with Gasteiger partial charge in [-0.2, -0.15) is 11.8 Å². The van der Waals surface area contributed by atoms with Gasteiger partial charge in [-0.15, -0.1) is 0 Å². The lowest BCUT2D eigenvalue weighted by Crippen LogP contribution is -2.25. The summed E-state index contributed by atoms with van der Waals surface area (Å²) in [5, 5.41) is 0. The minimum Gasteiger partial charge on any atom is -0.324 e. The van der Waals surface area contributed by atoms with E-state index in [2.05, 4.69) is 11.0 Å². The van der Waals surface area contributed by atoms with Crippen molar-refractivity contribution in [1.29, 1.82) is 0 Å². The van der Waals surface area contributed by atoms with E-state index in [1.807, 2.05) is 24.8 Å². The van der Waals surface area contributed by atoms with Gasteiger partial charge in [-0.1, -0.05) is 25.0 Å². The average molecular weight is 331 g/mol. The third kappa shape index (κ3) is 6.82. The highest BCUT2D eigenvalue weighted by molar-refractivity contribution is 7.98. The first-order valence-electron chi connectivity index (χ1n) is 7.31. The van der Waals surface area contributed by atoms with Crippen LogP contribution in [0.15, 0.2) is 29.2 Å². The summed E-state index contributed by atoms with van der Waals surface area (Å²) in [5.74, 6) is 1.18. The van der Waals surface area contributed by atoms with Crippen LogP contribution in [-0.2, 0) is 10.0 Å². The smallest absolute Gasteiger partial charge is 0.240 e. The van der Waals surface area contributed by atoms with Crippen molar-refractivity contribution in [2.75, 3.05) is 18.6 Å². The molecule has 1 rings (SSSR count). The zero-order chi connectivity index (χ0) is 15.7. The number of benzene rings is 1. The third-order valence-corrected chi connectivity index (χ3v) is 5.42. The zero-order valence-electron chi connectivity index (χ0n) is 12.8. The summed E-state index contributed by atoms with van der Waals surface area (Å²) in [5.41, 5.74) is 6.62. The van der Waals surface area contributed by atoms with Crippen molar-refractivity contribution >= 4 is 21.8 Å². The highest BCUT2D eigenvalue weighted by atomic mass is 32.2. The Balaban J connectivity index is 2.45. The quantitative estimate of drug-likeness (QED) is 0.647. The van der Waals surface area contributed by atoms with Crippen LogP contribution in [0.3, 0.4) is 0 Å². The molecular weight excluding hydrogens is 304 g/mol. The third-order valence-electron chi connectivity index (χ3n) is 3.26. The van der Waals surface area contributed by atoms with Gasteiger partial charge in [0.1, 0.15) is 0 Å². The average Bonchev–Trinajstić information content (AvgIpc) is 2.46. The standard InChI is InChI=1S/C15H26N2O2S2/c1-13(16)14-8-7-9-15(12-14)21(18,19)17-10-5-3-4-6-11-20-2/h7-9,12-13,17H,3-6,10-11,16H2,1-2H3. The van der Waals surface area contributed by atoms with Gasteiger partial charge >= 0.3 is 0 Å². The van der Waals surface area contributed by atoms with E-state index in [0.29, 0.717) is 11.4 Å². The topological polar surface area (TPSA) is 72.2 Å². The number of nitrogens with two attached hydrogens (primary N) is 1. The van der Waals surface area contributed by atoms with E-state index in [4.69, 9.17) is 5.73 Å². The molecule has 0 aliphatic heterocycles. The van der Waals surface area contributed by atoms with Gasteiger partial charge in [0.2, 0.25) is 10.0 Å². The van der Waals surface area contributed by atoms with Crippen LogP contribution in [0.1, 0.15) is 44.2 Å². The van der Waals surface area contributed by atoms with Crippen molar-refractivity contribution in [2.24, 2.45) is 5.73 Å². The Labute approximate surface area is 132 Å². The molecule has 0 fully saturated rings. The summed E-state index contributed by atoms with van der Waals surface area (Å²) in [7, 11) is -3.42. The molecule has 0 amide bonds.